The summed E-state index contributed by atoms with van der Waals surface area (Å²) in [4.78, 5) is 0. The van der Waals surface area contributed by atoms with Crippen molar-refractivity contribution in [2.75, 3.05) is 0 Å². The highest BCUT2D eigenvalue weighted by atomic mass is 35.5. The number of aromatic nitrogens is 4. The molecule has 0 spiro atoms. The third kappa shape index (κ3) is 4.35. The summed E-state index contributed by atoms with van der Waals surface area (Å²) < 4.78 is 27.9. The van der Waals surface area contributed by atoms with Gasteiger partial charge < -0.3 is 9.15 Å². The number of benzene rings is 2. The van der Waals surface area contributed by atoms with E-state index in [1.165, 1.54) is 41.2 Å². The molecule has 7 nitrogen and oxygen atoms in total. The van der Waals surface area contributed by atoms with Gasteiger partial charge >= 0.3 is 0 Å². The lowest BCUT2D eigenvalue weighted by Crippen LogP contribution is -1.98. The van der Waals surface area contributed by atoms with Gasteiger partial charge in [-0.05, 0) is 24.3 Å². The Bertz CT molecular complexity index is 1310. The molecule has 2 aromatic carbocycles. The number of rotatable bonds is 5. The van der Waals surface area contributed by atoms with Crippen molar-refractivity contribution in [3.63, 3.8) is 0 Å². The summed E-state index contributed by atoms with van der Waals surface area (Å²) in [5.74, 6) is -0.417. The smallest absolute Gasteiger partial charge is 0.267 e. The first-order chi connectivity index (χ1) is 14.9. The molecule has 11 heteroatoms. The fourth-order valence-electron chi connectivity index (χ4n) is 2.84. The van der Waals surface area contributed by atoms with E-state index in [1.54, 1.807) is 7.05 Å². The highest BCUT2D eigenvalue weighted by Crippen LogP contribution is 2.36. The Hall–Kier alpha value is -3.12. The standard InChI is InChI=1S/C20H11Cl3FN5O2/c1-29-18(15(23)9-26-29)20-28-27-16(31-20)6-11-2-3-14(22)19(17(11)24)30-13-5-10(8-25)4-12(21)7-13/h2-5,7,9H,6H2,1H3. The van der Waals surface area contributed by atoms with Crippen molar-refractivity contribution in [2.24, 2.45) is 7.05 Å². The zero-order valence-electron chi connectivity index (χ0n) is 15.7. The minimum Gasteiger partial charge on any atom is -0.453 e. The van der Waals surface area contributed by atoms with Crippen LogP contribution in [-0.4, -0.2) is 20.0 Å². The average Bonchev–Trinajstić information content (AvgIpc) is 3.32. The largest absolute Gasteiger partial charge is 0.453 e. The van der Waals surface area contributed by atoms with E-state index in [9.17, 15) is 0 Å². The summed E-state index contributed by atoms with van der Waals surface area (Å²) in [6, 6.07) is 9.27. The summed E-state index contributed by atoms with van der Waals surface area (Å²) in [7, 11) is 1.68. The van der Waals surface area contributed by atoms with Crippen LogP contribution in [-0.2, 0) is 13.5 Å². The normalized spacial score (nSPS) is 10.8. The summed E-state index contributed by atoms with van der Waals surface area (Å²) in [5.41, 5.74) is 0.936. The maximum Gasteiger partial charge on any atom is 0.267 e. The van der Waals surface area contributed by atoms with Crippen molar-refractivity contribution in [1.29, 1.82) is 5.26 Å². The van der Waals surface area contributed by atoms with Crippen LogP contribution in [0.15, 0.2) is 40.9 Å². The maximum absolute atomic E-state index is 15.2. The molecule has 31 heavy (non-hydrogen) atoms. The number of hydrogen-bond donors (Lipinski definition) is 0. The van der Waals surface area contributed by atoms with Gasteiger partial charge in [0.2, 0.25) is 5.89 Å². The third-order valence-electron chi connectivity index (χ3n) is 4.25. The summed E-state index contributed by atoms with van der Waals surface area (Å²) in [5, 5.41) is 21.7. The fourth-order valence-corrected chi connectivity index (χ4v) is 3.50. The molecule has 0 atom stereocenters. The van der Waals surface area contributed by atoms with Crippen molar-refractivity contribution >= 4 is 34.8 Å². The lowest BCUT2D eigenvalue weighted by atomic mass is 10.1. The van der Waals surface area contributed by atoms with Crippen LogP contribution in [0.3, 0.4) is 0 Å². The molecule has 0 amide bonds. The zero-order valence-corrected chi connectivity index (χ0v) is 18.0. The zero-order chi connectivity index (χ0) is 22.1. The molecule has 0 saturated carbocycles. The van der Waals surface area contributed by atoms with Gasteiger partial charge in [-0.2, -0.15) is 10.4 Å². The molecule has 0 aliphatic carbocycles. The SMILES string of the molecule is Cn1ncc(Cl)c1-c1nnc(Cc2ccc(Cl)c(Oc3cc(Cl)cc(C#N)c3)c2F)o1. The van der Waals surface area contributed by atoms with Crippen LogP contribution < -0.4 is 4.74 Å². The third-order valence-corrected chi connectivity index (χ3v) is 5.05. The lowest BCUT2D eigenvalue weighted by Gasteiger charge is -2.11. The first-order valence-electron chi connectivity index (χ1n) is 8.71. The van der Waals surface area contributed by atoms with Gasteiger partial charge in [-0.15, -0.1) is 10.2 Å². The molecule has 0 aliphatic rings. The van der Waals surface area contributed by atoms with Crippen LogP contribution in [0.4, 0.5) is 4.39 Å². The van der Waals surface area contributed by atoms with Crippen molar-refractivity contribution in [2.45, 2.75) is 6.42 Å². The molecule has 4 aromatic rings. The van der Waals surface area contributed by atoms with Crippen LogP contribution in [0.25, 0.3) is 11.6 Å². The molecule has 0 unspecified atom stereocenters. The summed E-state index contributed by atoms with van der Waals surface area (Å²) >= 11 is 18.2. The predicted octanol–water partition coefficient (Wildman–Crippen LogP) is 5.82. The highest BCUT2D eigenvalue weighted by Gasteiger charge is 2.20. The van der Waals surface area contributed by atoms with E-state index in [1.807, 2.05) is 6.07 Å². The van der Waals surface area contributed by atoms with Gasteiger partial charge in [0.15, 0.2) is 11.6 Å². The van der Waals surface area contributed by atoms with Crippen LogP contribution in [0.2, 0.25) is 15.1 Å². The van der Waals surface area contributed by atoms with Gasteiger partial charge in [-0.3, -0.25) is 4.68 Å². The molecule has 0 aliphatic heterocycles. The molecule has 2 aromatic heterocycles. The van der Waals surface area contributed by atoms with Gasteiger partial charge in [0.25, 0.3) is 5.89 Å². The van der Waals surface area contributed by atoms with Crippen molar-refractivity contribution < 1.29 is 13.5 Å². The van der Waals surface area contributed by atoms with Gasteiger partial charge in [0.05, 0.1) is 34.3 Å². The Labute approximate surface area is 190 Å². The first kappa shape index (κ1) is 21.1. The number of nitrogens with zero attached hydrogens (tertiary/aromatic N) is 5. The van der Waals surface area contributed by atoms with E-state index in [4.69, 9.17) is 49.2 Å². The van der Waals surface area contributed by atoms with E-state index >= 15 is 4.39 Å². The Morgan fingerprint density at radius 3 is 2.68 bits per heavy atom. The van der Waals surface area contributed by atoms with E-state index < -0.39 is 5.82 Å². The number of nitriles is 1. The second kappa shape index (κ2) is 8.55. The van der Waals surface area contributed by atoms with E-state index in [-0.39, 0.29) is 50.9 Å². The predicted molar refractivity (Wildman–Crippen MR) is 112 cm³/mol. The molecular formula is C20H11Cl3FN5O2. The lowest BCUT2D eigenvalue weighted by molar-refractivity contribution is 0.437. The second-order valence-electron chi connectivity index (χ2n) is 6.38. The van der Waals surface area contributed by atoms with Crippen LogP contribution in [0.1, 0.15) is 17.0 Å². The number of aryl methyl sites for hydroxylation is 1. The molecule has 0 saturated heterocycles. The molecule has 4 rings (SSSR count). The van der Waals surface area contributed by atoms with Crippen LogP contribution in [0.5, 0.6) is 11.5 Å². The van der Waals surface area contributed by atoms with E-state index in [0.29, 0.717) is 10.7 Å². The molecule has 156 valence electrons. The quantitative estimate of drug-likeness (QED) is 0.359. The van der Waals surface area contributed by atoms with Gasteiger partial charge in [0, 0.05) is 17.6 Å². The topological polar surface area (TPSA) is 89.8 Å². The Morgan fingerprint density at radius 2 is 1.97 bits per heavy atom. The van der Waals surface area contributed by atoms with Gasteiger partial charge in [-0.1, -0.05) is 40.9 Å². The Kier molecular flexibility index (Phi) is 5.83. The molecule has 0 radical (unpaired) electrons. The molecule has 0 N–H and O–H groups in total. The minimum absolute atomic E-state index is 0.0131. The fraction of sp³-hybridized carbons (Fsp3) is 0.100. The second-order valence-corrected chi connectivity index (χ2v) is 7.63. The van der Waals surface area contributed by atoms with E-state index in [2.05, 4.69) is 15.3 Å². The summed E-state index contributed by atoms with van der Waals surface area (Å²) in [6.45, 7) is 0. The molecular weight excluding hydrogens is 468 g/mol. The van der Waals surface area contributed by atoms with Crippen LogP contribution in [0, 0.1) is 17.1 Å². The minimum atomic E-state index is -0.704. The van der Waals surface area contributed by atoms with Crippen LogP contribution >= 0.6 is 34.8 Å². The molecule has 0 fully saturated rings. The number of hydrogen-bond acceptors (Lipinski definition) is 6. The molecule has 2 heterocycles. The number of ether oxygens (including phenoxy) is 1. The molecule has 0 bridgehead atoms. The first-order valence-corrected chi connectivity index (χ1v) is 9.84. The number of halogens is 4. The monoisotopic (exact) mass is 477 g/mol. The van der Waals surface area contributed by atoms with Crippen molar-refractivity contribution in [3.8, 4) is 29.2 Å². The Morgan fingerprint density at radius 1 is 1.16 bits per heavy atom. The Balaban J connectivity index is 1.63. The average molecular weight is 479 g/mol. The van der Waals surface area contributed by atoms with E-state index in [0.717, 1.165) is 0 Å². The van der Waals surface area contributed by atoms with Gasteiger partial charge in [-0.25, -0.2) is 4.39 Å². The maximum atomic E-state index is 15.2. The van der Waals surface area contributed by atoms with Gasteiger partial charge in [0.1, 0.15) is 11.4 Å². The van der Waals surface area contributed by atoms with Crippen molar-refractivity contribution in [3.05, 3.63) is 74.4 Å². The van der Waals surface area contributed by atoms with Crippen molar-refractivity contribution in [1.82, 2.24) is 20.0 Å². The highest BCUT2D eigenvalue weighted by molar-refractivity contribution is 6.33. The summed E-state index contributed by atoms with van der Waals surface area (Å²) in [6.07, 6.45) is 1.44.